The van der Waals surface area contributed by atoms with E-state index in [9.17, 15) is 0 Å². The summed E-state index contributed by atoms with van der Waals surface area (Å²) in [6, 6.07) is 11.1. The van der Waals surface area contributed by atoms with Crippen molar-refractivity contribution in [3.05, 3.63) is 58.9 Å². The highest BCUT2D eigenvalue weighted by Gasteiger charge is 2.15. The normalized spacial score (nSPS) is 12.6. The van der Waals surface area contributed by atoms with Gasteiger partial charge in [0, 0.05) is 11.9 Å². The molecule has 2 heteroatoms. The summed E-state index contributed by atoms with van der Waals surface area (Å²) in [5.41, 5.74) is 5.22. The van der Waals surface area contributed by atoms with E-state index >= 15 is 0 Å². The fourth-order valence-electron chi connectivity index (χ4n) is 2.26. The zero-order chi connectivity index (χ0) is 12.3. The number of aromatic amines is 1. The van der Waals surface area contributed by atoms with Crippen LogP contribution in [0.15, 0.2) is 36.5 Å². The van der Waals surface area contributed by atoms with E-state index in [1.807, 2.05) is 12.3 Å². The van der Waals surface area contributed by atoms with E-state index in [1.54, 1.807) is 0 Å². The molecular weight excluding hydrogens is 208 g/mol. The Hall–Kier alpha value is -1.54. The molecule has 0 aliphatic carbocycles. The molecule has 1 aromatic heterocycles. The maximum Gasteiger partial charge on any atom is 0.0731 e. The van der Waals surface area contributed by atoms with Crippen LogP contribution in [0.5, 0.6) is 0 Å². The number of hydrogen-bond acceptors (Lipinski definition) is 1. The molecule has 0 amide bonds. The average Bonchev–Trinajstić information content (AvgIpc) is 2.80. The zero-order valence-corrected chi connectivity index (χ0v) is 10.7. The molecule has 1 aromatic carbocycles. The molecule has 0 fully saturated rings. The van der Waals surface area contributed by atoms with Crippen molar-refractivity contribution >= 4 is 0 Å². The minimum absolute atomic E-state index is 0.260. The molecule has 1 unspecified atom stereocenters. The van der Waals surface area contributed by atoms with Crippen LogP contribution in [0, 0.1) is 13.8 Å². The minimum atomic E-state index is 0.260. The van der Waals surface area contributed by atoms with Crippen molar-refractivity contribution in [2.75, 3.05) is 6.54 Å². The van der Waals surface area contributed by atoms with Crippen molar-refractivity contribution in [1.29, 1.82) is 0 Å². The lowest BCUT2D eigenvalue weighted by molar-refractivity contribution is 0.615. The van der Waals surface area contributed by atoms with Crippen LogP contribution in [0.1, 0.15) is 35.3 Å². The van der Waals surface area contributed by atoms with E-state index < -0.39 is 0 Å². The lowest BCUT2D eigenvalue weighted by Gasteiger charge is -2.19. The van der Waals surface area contributed by atoms with E-state index in [0.29, 0.717) is 0 Å². The lowest BCUT2D eigenvalue weighted by Crippen LogP contribution is -2.23. The summed E-state index contributed by atoms with van der Waals surface area (Å²) in [7, 11) is 0. The molecule has 0 spiro atoms. The third-order valence-electron chi connectivity index (χ3n) is 3.08. The van der Waals surface area contributed by atoms with E-state index in [-0.39, 0.29) is 6.04 Å². The number of nitrogens with one attached hydrogen (secondary N) is 2. The topological polar surface area (TPSA) is 27.8 Å². The van der Waals surface area contributed by atoms with E-state index in [2.05, 4.69) is 55.3 Å². The van der Waals surface area contributed by atoms with Gasteiger partial charge < -0.3 is 10.3 Å². The molecule has 0 saturated carbocycles. The van der Waals surface area contributed by atoms with Crippen LogP contribution in [0.4, 0.5) is 0 Å². The van der Waals surface area contributed by atoms with Crippen molar-refractivity contribution in [3.63, 3.8) is 0 Å². The van der Waals surface area contributed by atoms with Gasteiger partial charge in [-0.25, -0.2) is 0 Å². The number of hydrogen-bond donors (Lipinski definition) is 2. The number of benzene rings is 1. The van der Waals surface area contributed by atoms with Crippen LogP contribution in [0.25, 0.3) is 0 Å². The number of rotatable bonds is 4. The predicted molar refractivity (Wildman–Crippen MR) is 72.2 cm³/mol. The molecule has 0 aliphatic heterocycles. The zero-order valence-electron chi connectivity index (χ0n) is 10.7. The largest absolute Gasteiger partial charge is 0.363 e. The van der Waals surface area contributed by atoms with Gasteiger partial charge in [0.15, 0.2) is 0 Å². The molecule has 17 heavy (non-hydrogen) atoms. The van der Waals surface area contributed by atoms with Crippen LogP contribution in [0.3, 0.4) is 0 Å². The van der Waals surface area contributed by atoms with Gasteiger partial charge in [-0.15, -0.1) is 0 Å². The van der Waals surface area contributed by atoms with Gasteiger partial charge in [0.25, 0.3) is 0 Å². The van der Waals surface area contributed by atoms with Gasteiger partial charge in [0.1, 0.15) is 0 Å². The van der Waals surface area contributed by atoms with Crippen molar-refractivity contribution < 1.29 is 0 Å². The van der Waals surface area contributed by atoms with E-state index in [4.69, 9.17) is 0 Å². The van der Waals surface area contributed by atoms with Gasteiger partial charge in [-0.3, -0.25) is 0 Å². The molecule has 2 nitrogen and oxygen atoms in total. The highest BCUT2D eigenvalue weighted by atomic mass is 14.9. The first-order valence-electron chi connectivity index (χ1n) is 6.16. The van der Waals surface area contributed by atoms with Gasteiger partial charge in [-0.05, 0) is 43.7 Å². The first-order valence-corrected chi connectivity index (χ1v) is 6.16. The smallest absolute Gasteiger partial charge is 0.0731 e. The SMILES string of the molecule is CCNC(c1ccc[nH]1)c1ccc(C)cc1C. The maximum atomic E-state index is 3.53. The summed E-state index contributed by atoms with van der Waals surface area (Å²) in [4.78, 5) is 3.30. The Morgan fingerprint density at radius 3 is 2.65 bits per heavy atom. The summed E-state index contributed by atoms with van der Waals surface area (Å²) < 4.78 is 0. The highest BCUT2D eigenvalue weighted by Crippen LogP contribution is 2.24. The second-order valence-electron chi connectivity index (χ2n) is 4.48. The summed E-state index contributed by atoms with van der Waals surface area (Å²) in [6.45, 7) is 7.40. The second kappa shape index (κ2) is 5.19. The number of H-pyrrole nitrogens is 1. The summed E-state index contributed by atoms with van der Waals surface area (Å²) in [5.74, 6) is 0. The standard InChI is InChI=1S/C15H20N2/c1-4-16-15(14-6-5-9-17-14)13-8-7-11(2)10-12(13)3/h5-10,15-17H,4H2,1-3H3. The van der Waals surface area contributed by atoms with E-state index in [1.165, 1.54) is 22.4 Å². The predicted octanol–water partition coefficient (Wildman–Crippen LogP) is 3.33. The molecule has 1 atom stereocenters. The third-order valence-corrected chi connectivity index (χ3v) is 3.08. The Balaban J connectivity index is 2.39. The van der Waals surface area contributed by atoms with Crippen LogP contribution in [-0.4, -0.2) is 11.5 Å². The molecule has 0 bridgehead atoms. The molecular formula is C15H20N2. The Morgan fingerprint density at radius 2 is 2.06 bits per heavy atom. The van der Waals surface area contributed by atoms with Crippen molar-refractivity contribution in [2.24, 2.45) is 0 Å². The van der Waals surface area contributed by atoms with Gasteiger partial charge in [-0.2, -0.15) is 0 Å². The second-order valence-corrected chi connectivity index (χ2v) is 4.48. The quantitative estimate of drug-likeness (QED) is 0.825. The van der Waals surface area contributed by atoms with Crippen LogP contribution in [-0.2, 0) is 0 Å². The van der Waals surface area contributed by atoms with Crippen LogP contribution >= 0.6 is 0 Å². The molecule has 2 N–H and O–H groups in total. The fourth-order valence-corrected chi connectivity index (χ4v) is 2.26. The number of aryl methyl sites for hydroxylation is 2. The minimum Gasteiger partial charge on any atom is -0.363 e. The van der Waals surface area contributed by atoms with Crippen molar-refractivity contribution in [3.8, 4) is 0 Å². The van der Waals surface area contributed by atoms with Gasteiger partial charge in [-0.1, -0.05) is 30.7 Å². The van der Waals surface area contributed by atoms with E-state index in [0.717, 1.165) is 6.54 Å². The summed E-state index contributed by atoms with van der Waals surface area (Å²) >= 11 is 0. The number of aromatic nitrogens is 1. The molecule has 0 aliphatic rings. The Labute approximate surface area is 103 Å². The Morgan fingerprint density at radius 1 is 1.24 bits per heavy atom. The first-order chi connectivity index (χ1) is 8.22. The van der Waals surface area contributed by atoms with Crippen molar-refractivity contribution in [1.82, 2.24) is 10.3 Å². The lowest BCUT2D eigenvalue weighted by atomic mass is 9.97. The maximum absolute atomic E-state index is 3.53. The van der Waals surface area contributed by atoms with Gasteiger partial charge >= 0.3 is 0 Å². The van der Waals surface area contributed by atoms with Crippen molar-refractivity contribution in [2.45, 2.75) is 26.8 Å². The Kier molecular flexibility index (Phi) is 3.64. The Bertz CT molecular complexity index is 472. The summed E-state index contributed by atoms with van der Waals surface area (Å²) in [5, 5.41) is 3.53. The highest BCUT2D eigenvalue weighted by molar-refractivity contribution is 5.37. The first kappa shape index (κ1) is 11.9. The van der Waals surface area contributed by atoms with Gasteiger partial charge in [0.05, 0.1) is 6.04 Å². The van der Waals surface area contributed by atoms with Crippen LogP contribution in [0.2, 0.25) is 0 Å². The fraction of sp³-hybridized carbons (Fsp3) is 0.333. The molecule has 90 valence electrons. The monoisotopic (exact) mass is 228 g/mol. The van der Waals surface area contributed by atoms with Gasteiger partial charge in [0.2, 0.25) is 0 Å². The molecule has 1 heterocycles. The molecule has 0 radical (unpaired) electrons. The molecule has 2 rings (SSSR count). The third kappa shape index (κ3) is 2.59. The average molecular weight is 228 g/mol. The summed E-state index contributed by atoms with van der Waals surface area (Å²) in [6.07, 6.45) is 1.98. The van der Waals surface area contributed by atoms with Crippen LogP contribution < -0.4 is 5.32 Å². The molecule has 2 aromatic rings. The molecule has 0 saturated heterocycles.